The molecule has 0 unspecified atom stereocenters. The number of urea groups is 1. The van der Waals surface area contributed by atoms with Gasteiger partial charge < -0.3 is 20.9 Å². The van der Waals surface area contributed by atoms with Gasteiger partial charge in [0.05, 0.1) is 22.8 Å². The third-order valence-electron chi connectivity index (χ3n) is 4.37. The van der Waals surface area contributed by atoms with Crippen LogP contribution >= 0.6 is 0 Å². The number of hydrogen-bond acceptors (Lipinski definition) is 6. The molecule has 10 heteroatoms. The molecule has 0 aliphatic rings. The number of nitrogens with zero attached hydrogens (tertiary/aromatic N) is 4. The first-order valence-corrected chi connectivity index (χ1v) is 8.81. The van der Waals surface area contributed by atoms with E-state index in [1.54, 1.807) is 23.9 Å². The van der Waals surface area contributed by atoms with Crippen LogP contribution in [0.5, 0.6) is 0 Å². The Kier molecular flexibility index (Phi) is 4.80. The molecule has 4 rings (SSSR count). The predicted molar refractivity (Wildman–Crippen MR) is 110 cm³/mol. The molecule has 0 saturated carbocycles. The van der Waals surface area contributed by atoms with E-state index < -0.39 is 11.8 Å². The third kappa shape index (κ3) is 3.65. The number of carbonyl (C=O) groups excluding carboxylic acids is 2. The Bertz CT molecular complexity index is 1290. The number of aromatic nitrogens is 4. The first-order chi connectivity index (χ1) is 14.4. The molecule has 0 radical (unpaired) electrons. The summed E-state index contributed by atoms with van der Waals surface area (Å²) in [5.41, 5.74) is 7.63. The lowest BCUT2D eigenvalue weighted by molar-refractivity contribution is 0.103. The summed E-state index contributed by atoms with van der Waals surface area (Å²) in [6, 6.07) is 6.37. The van der Waals surface area contributed by atoms with E-state index in [1.807, 2.05) is 0 Å². The van der Waals surface area contributed by atoms with Crippen LogP contribution in [-0.4, -0.2) is 31.3 Å². The SMILES string of the molecule is Cn1cc(C(=O)c2cncc(NC(=O)Nc3cccc(F)c3)c2)c2c(N)ncnc21. The van der Waals surface area contributed by atoms with Gasteiger partial charge in [0.15, 0.2) is 5.78 Å². The average Bonchev–Trinajstić information content (AvgIpc) is 3.05. The van der Waals surface area contributed by atoms with E-state index in [-0.39, 0.29) is 17.2 Å². The highest BCUT2D eigenvalue weighted by molar-refractivity contribution is 6.18. The highest BCUT2D eigenvalue weighted by Crippen LogP contribution is 2.25. The third-order valence-corrected chi connectivity index (χ3v) is 4.37. The van der Waals surface area contributed by atoms with Crippen molar-refractivity contribution in [2.75, 3.05) is 16.4 Å². The van der Waals surface area contributed by atoms with Crippen molar-refractivity contribution in [2.24, 2.45) is 7.05 Å². The van der Waals surface area contributed by atoms with E-state index in [2.05, 4.69) is 25.6 Å². The van der Waals surface area contributed by atoms with E-state index in [1.165, 1.54) is 43.0 Å². The number of nitrogen functional groups attached to an aromatic ring is 1. The minimum absolute atomic E-state index is 0.195. The molecule has 30 heavy (non-hydrogen) atoms. The first kappa shape index (κ1) is 19.0. The van der Waals surface area contributed by atoms with Crippen LogP contribution in [0.15, 0.2) is 55.2 Å². The molecule has 0 aliphatic heterocycles. The van der Waals surface area contributed by atoms with Crippen LogP contribution < -0.4 is 16.4 Å². The Morgan fingerprint density at radius 2 is 1.90 bits per heavy atom. The fraction of sp³-hybridized carbons (Fsp3) is 0.0500. The zero-order chi connectivity index (χ0) is 21.3. The molecular weight excluding hydrogens is 389 g/mol. The normalized spacial score (nSPS) is 10.7. The zero-order valence-corrected chi connectivity index (χ0v) is 15.8. The number of fused-ring (bicyclic) bond motifs is 1. The molecule has 3 heterocycles. The molecule has 2 amide bonds. The maximum atomic E-state index is 13.2. The fourth-order valence-corrected chi connectivity index (χ4v) is 3.05. The van der Waals surface area contributed by atoms with E-state index >= 15 is 0 Å². The maximum absolute atomic E-state index is 13.2. The molecule has 4 N–H and O–H groups in total. The Labute approximate surface area is 169 Å². The summed E-state index contributed by atoms with van der Waals surface area (Å²) in [4.78, 5) is 37.4. The van der Waals surface area contributed by atoms with Crippen LogP contribution in [0, 0.1) is 5.82 Å². The molecule has 0 spiro atoms. The topological polar surface area (TPSA) is 128 Å². The van der Waals surface area contributed by atoms with Crippen molar-refractivity contribution >= 4 is 40.0 Å². The van der Waals surface area contributed by atoms with E-state index in [9.17, 15) is 14.0 Å². The van der Waals surface area contributed by atoms with Crippen molar-refractivity contribution in [1.29, 1.82) is 0 Å². The van der Waals surface area contributed by atoms with E-state index in [0.29, 0.717) is 28.0 Å². The number of hydrogen-bond donors (Lipinski definition) is 3. The number of anilines is 3. The quantitative estimate of drug-likeness (QED) is 0.448. The monoisotopic (exact) mass is 405 g/mol. The fourth-order valence-electron chi connectivity index (χ4n) is 3.05. The van der Waals surface area contributed by atoms with Crippen molar-refractivity contribution in [2.45, 2.75) is 0 Å². The van der Waals surface area contributed by atoms with Gasteiger partial charge in [0, 0.05) is 30.7 Å². The van der Waals surface area contributed by atoms with Gasteiger partial charge in [-0.2, -0.15) is 0 Å². The molecule has 0 fully saturated rings. The molecule has 9 nitrogen and oxygen atoms in total. The maximum Gasteiger partial charge on any atom is 0.323 e. The van der Waals surface area contributed by atoms with Crippen molar-refractivity contribution in [1.82, 2.24) is 19.5 Å². The minimum Gasteiger partial charge on any atom is -0.383 e. The van der Waals surface area contributed by atoms with Crippen molar-refractivity contribution in [3.8, 4) is 0 Å². The van der Waals surface area contributed by atoms with Gasteiger partial charge in [-0.05, 0) is 24.3 Å². The van der Waals surface area contributed by atoms with Gasteiger partial charge in [-0.15, -0.1) is 0 Å². The van der Waals surface area contributed by atoms with Gasteiger partial charge in [-0.3, -0.25) is 9.78 Å². The van der Waals surface area contributed by atoms with Crippen LogP contribution in [0.2, 0.25) is 0 Å². The second kappa shape index (κ2) is 7.59. The highest BCUT2D eigenvalue weighted by atomic mass is 19.1. The van der Waals surface area contributed by atoms with Crippen LogP contribution in [-0.2, 0) is 7.05 Å². The van der Waals surface area contributed by atoms with Gasteiger partial charge in [-0.1, -0.05) is 6.07 Å². The zero-order valence-electron chi connectivity index (χ0n) is 15.8. The summed E-state index contributed by atoms with van der Waals surface area (Å²) in [7, 11) is 1.75. The number of carbonyl (C=O) groups is 2. The van der Waals surface area contributed by atoms with Crippen LogP contribution in [0.4, 0.5) is 26.4 Å². The Morgan fingerprint density at radius 1 is 1.10 bits per heavy atom. The smallest absolute Gasteiger partial charge is 0.323 e. The molecule has 150 valence electrons. The molecule has 0 aliphatic carbocycles. The summed E-state index contributed by atoms with van der Waals surface area (Å²) in [5.74, 6) is -0.621. The second-order valence-corrected chi connectivity index (χ2v) is 6.49. The van der Waals surface area contributed by atoms with Gasteiger partial charge in [0.1, 0.15) is 23.6 Å². The lowest BCUT2D eigenvalue weighted by atomic mass is 10.1. The molecule has 0 saturated heterocycles. The van der Waals surface area contributed by atoms with Crippen molar-refractivity contribution in [3.05, 3.63) is 72.2 Å². The average molecular weight is 405 g/mol. The number of nitrogens with one attached hydrogen (secondary N) is 2. The predicted octanol–water partition coefficient (Wildman–Crippen LogP) is 2.96. The molecule has 0 bridgehead atoms. The molecule has 0 atom stereocenters. The lowest BCUT2D eigenvalue weighted by Gasteiger charge is -2.08. The number of amides is 2. The van der Waals surface area contributed by atoms with Gasteiger partial charge >= 0.3 is 6.03 Å². The standard InChI is InChI=1S/C20H16FN7O2/c1-28-9-15(16-18(22)24-10-25-19(16)28)17(29)11-5-14(8-23-7-11)27-20(30)26-13-4-2-3-12(21)6-13/h2-10H,1H3,(H2,22,24,25)(H2,26,27,30). The Morgan fingerprint density at radius 3 is 2.70 bits per heavy atom. The van der Waals surface area contributed by atoms with Gasteiger partial charge in [-0.25, -0.2) is 19.2 Å². The number of aryl methyl sites for hydroxylation is 1. The minimum atomic E-state index is -0.602. The molecule has 1 aromatic carbocycles. The Balaban J connectivity index is 1.58. The summed E-state index contributed by atoms with van der Waals surface area (Å²) in [5, 5.41) is 5.53. The van der Waals surface area contributed by atoms with Crippen molar-refractivity contribution in [3.63, 3.8) is 0 Å². The number of pyridine rings is 1. The van der Waals surface area contributed by atoms with Crippen LogP contribution in [0.1, 0.15) is 15.9 Å². The largest absolute Gasteiger partial charge is 0.383 e. The second-order valence-electron chi connectivity index (χ2n) is 6.49. The summed E-state index contributed by atoms with van der Waals surface area (Å²) >= 11 is 0. The number of rotatable bonds is 4. The van der Waals surface area contributed by atoms with Gasteiger partial charge in [0.2, 0.25) is 0 Å². The summed E-state index contributed by atoms with van der Waals surface area (Å²) in [6.07, 6.45) is 5.73. The molecule has 4 aromatic rings. The van der Waals surface area contributed by atoms with Crippen LogP contribution in [0.25, 0.3) is 11.0 Å². The van der Waals surface area contributed by atoms with E-state index in [4.69, 9.17) is 5.73 Å². The van der Waals surface area contributed by atoms with Gasteiger partial charge in [0.25, 0.3) is 0 Å². The number of nitrogens with two attached hydrogens (primary N) is 1. The number of ketones is 1. The van der Waals surface area contributed by atoms with Crippen molar-refractivity contribution < 1.29 is 14.0 Å². The summed E-state index contributed by atoms with van der Waals surface area (Å²) < 4.78 is 14.9. The Hall–Kier alpha value is -4.34. The summed E-state index contributed by atoms with van der Waals surface area (Å²) in [6.45, 7) is 0. The molecular formula is C20H16FN7O2. The van der Waals surface area contributed by atoms with Crippen LogP contribution in [0.3, 0.4) is 0 Å². The first-order valence-electron chi connectivity index (χ1n) is 8.81. The lowest BCUT2D eigenvalue weighted by Crippen LogP contribution is -2.19. The van der Waals surface area contributed by atoms with E-state index in [0.717, 1.165) is 0 Å². The number of halogens is 1. The molecule has 3 aromatic heterocycles. The number of benzene rings is 1. The highest BCUT2D eigenvalue weighted by Gasteiger charge is 2.20.